The van der Waals surface area contributed by atoms with E-state index in [-0.39, 0.29) is 0 Å². The van der Waals surface area contributed by atoms with Crippen LogP contribution in [0.5, 0.6) is 11.5 Å². The second-order valence-electron chi connectivity index (χ2n) is 6.40. The number of nitrogens with one attached hydrogen (secondary N) is 1. The summed E-state index contributed by atoms with van der Waals surface area (Å²) in [5, 5.41) is 3.47. The summed E-state index contributed by atoms with van der Waals surface area (Å²) in [5.41, 5.74) is 4.78. The molecule has 0 atom stereocenters. The predicted octanol–water partition coefficient (Wildman–Crippen LogP) is 5.63. The van der Waals surface area contributed by atoms with E-state index in [0.29, 0.717) is 6.61 Å². The van der Waals surface area contributed by atoms with Crippen molar-refractivity contribution < 1.29 is 9.47 Å². The van der Waals surface area contributed by atoms with Crippen molar-refractivity contribution in [3.63, 3.8) is 0 Å². The highest BCUT2D eigenvalue weighted by atomic mass is 79.9. The molecule has 0 aromatic heterocycles. The van der Waals surface area contributed by atoms with E-state index in [4.69, 9.17) is 9.47 Å². The Kier molecular flexibility index (Phi) is 6.91. The van der Waals surface area contributed by atoms with Gasteiger partial charge in [0.25, 0.3) is 0 Å². The Morgan fingerprint density at radius 2 is 1.59 bits per heavy atom. The molecule has 3 nitrogen and oxygen atoms in total. The molecule has 3 aromatic rings. The van der Waals surface area contributed by atoms with Gasteiger partial charge in [-0.05, 0) is 41.3 Å². The lowest BCUT2D eigenvalue weighted by Gasteiger charge is -2.15. The molecule has 0 saturated carbocycles. The molecule has 0 amide bonds. The smallest absolute Gasteiger partial charge is 0.162 e. The van der Waals surface area contributed by atoms with Crippen LogP contribution in [0.3, 0.4) is 0 Å². The standard InChI is InChI=1S/C23H24BrNO2/c1-17-8-6-7-11-19(17)16-27-23-13-21(24)20(12-22(23)26-2)15-25-14-18-9-4-3-5-10-18/h3-13,25H,14-16H2,1-2H3. The highest BCUT2D eigenvalue weighted by molar-refractivity contribution is 9.10. The number of methoxy groups -OCH3 is 1. The largest absolute Gasteiger partial charge is 0.493 e. The molecule has 0 aliphatic carbocycles. The molecule has 0 bridgehead atoms. The first-order valence-corrected chi connectivity index (χ1v) is 9.75. The zero-order valence-corrected chi connectivity index (χ0v) is 17.3. The Labute approximate surface area is 169 Å². The van der Waals surface area contributed by atoms with E-state index in [2.05, 4.69) is 64.6 Å². The highest BCUT2D eigenvalue weighted by Crippen LogP contribution is 2.34. The molecule has 0 spiro atoms. The van der Waals surface area contributed by atoms with E-state index in [1.54, 1.807) is 7.11 Å². The Morgan fingerprint density at radius 1 is 0.852 bits per heavy atom. The van der Waals surface area contributed by atoms with Crippen LogP contribution in [0.4, 0.5) is 0 Å². The van der Waals surface area contributed by atoms with Gasteiger partial charge in [0.05, 0.1) is 7.11 Å². The molecule has 140 valence electrons. The van der Waals surface area contributed by atoms with Crippen LogP contribution < -0.4 is 14.8 Å². The second kappa shape index (κ2) is 9.58. The molecule has 0 radical (unpaired) electrons. The molecule has 0 saturated heterocycles. The van der Waals surface area contributed by atoms with Crippen LogP contribution in [-0.2, 0) is 19.7 Å². The molecule has 0 heterocycles. The number of rotatable bonds is 8. The number of benzene rings is 3. The van der Waals surface area contributed by atoms with Crippen molar-refractivity contribution in [3.05, 3.63) is 93.5 Å². The van der Waals surface area contributed by atoms with Gasteiger partial charge in [0.15, 0.2) is 11.5 Å². The lowest BCUT2D eigenvalue weighted by Crippen LogP contribution is -2.13. The van der Waals surface area contributed by atoms with Crippen molar-refractivity contribution in [3.8, 4) is 11.5 Å². The maximum absolute atomic E-state index is 6.03. The van der Waals surface area contributed by atoms with Crippen LogP contribution >= 0.6 is 15.9 Å². The molecular formula is C23H24BrNO2. The number of hydrogen-bond acceptors (Lipinski definition) is 3. The molecule has 3 aromatic carbocycles. The molecule has 27 heavy (non-hydrogen) atoms. The van der Waals surface area contributed by atoms with E-state index in [9.17, 15) is 0 Å². The Morgan fingerprint density at radius 3 is 2.33 bits per heavy atom. The van der Waals surface area contributed by atoms with Crippen molar-refractivity contribution in [2.75, 3.05) is 7.11 Å². The SMILES string of the molecule is COc1cc(CNCc2ccccc2)c(Br)cc1OCc1ccccc1C. The van der Waals surface area contributed by atoms with Crippen LogP contribution in [-0.4, -0.2) is 7.11 Å². The first kappa shape index (κ1) is 19.5. The number of ether oxygens (including phenoxy) is 2. The van der Waals surface area contributed by atoms with Gasteiger partial charge >= 0.3 is 0 Å². The Balaban J connectivity index is 1.66. The van der Waals surface area contributed by atoms with Gasteiger partial charge in [0.1, 0.15) is 6.61 Å². The summed E-state index contributed by atoms with van der Waals surface area (Å²) in [6, 6.07) is 22.6. The van der Waals surface area contributed by atoms with Gasteiger partial charge in [-0.2, -0.15) is 0 Å². The van der Waals surface area contributed by atoms with Crippen molar-refractivity contribution in [2.24, 2.45) is 0 Å². The van der Waals surface area contributed by atoms with Crippen molar-refractivity contribution >= 4 is 15.9 Å². The third-order valence-corrected chi connectivity index (χ3v) is 5.20. The van der Waals surface area contributed by atoms with Gasteiger partial charge in [-0.15, -0.1) is 0 Å². The number of aryl methyl sites for hydroxylation is 1. The summed E-state index contributed by atoms with van der Waals surface area (Å²) < 4.78 is 12.6. The average Bonchev–Trinajstić information content (AvgIpc) is 2.69. The highest BCUT2D eigenvalue weighted by Gasteiger charge is 2.11. The van der Waals surface area contributed by atoms with Gasteiger partial charge in [-0.1, -0.05) is 70.5 Å². The maximum atomic E-state index is 6.03. The molecule has 0 aliphatic rings. The van der Waals surface area contributed by atoms with Gasteiger partial charge < -0.3 is 14.8 Å². The molecule has 3 rings (SSSR count). The summed E-state index contributed by atoms with van der Waals surface area (Å²) in [5.74, 6) is 1.47. The fourth-order valence-corrected chi connectivity index (χ4v) is 3.31. The van der Waals surface area contributed by atoms with Crippen LogP contribution in [0.15, 0.2) is 71.2 Å². The minimum absolute atomic E-state index is 0.515. The van der Waals surface area contributed by atoms with Crippen molar-refractivity contribution in [1.29, 1.82) is 0 Å². The van der Waals surface area contributed by atoms with E-state index in [1.807, 2.05) is 30.3 Å². The summed E-state index contributed by atoms with van der Waals surface area (Å²) in [4.78, 5) is 0. The minimum atomic E-state index is 0.515. The normalized spacial score (nSPS) is 10.6. The van der Waals surface area contributed by atoms with Gasteiger partial charge in [-0.25, -0.2) is 0 Å². The molecule has 1 N–H and O–H groups in total. The summed E-state index contributed by atoms with van der Waals surface area (Å²) >= 11 is 3.66. The summed E-state index contributed by atoms with van der Waals surface area (Å²) in [7, 11) is 1.67. The Bertz CT molecular complexity index is 881. The molecule has 0 fully saturated rings. The van der Waals surface area contributed by atoms with E-state index >= 15 is 0 Å². The maximum Gasteiger partial charge on any atom is 0.162 e. The van der Waals surface area contributed by atoms with Gasteiger partial charge in [-0.3, -0.25) is 0 Å². The van der Waals surface area contributed by atoms with E-state index in [1.165, 1.54) is 16.7 Å². The summed E-state index contributed by atoms with van der Waals surface area (Å²) in [6.45, 7) is 4.17. The number of halogens is 1. The lowest BCUT2D eigenvalue weighted by atomic mass is 10.1. The van der Waals surface area contributed by atoms with Crippen molar-refractivity contribution in [1.82, 2.24) is 5.32 Å². The minimum Gasteiger partial charge on any atom is -0.493 e. The van der Waals surface area contributed by atoms with Crippen LogP contribution in [0.25, 0.3) is 0 Å². The third kappa shape index (κ3) is 5.34. The summed E-state index contributed by atoms with van der Waals surface area (Å²) in [6.07, 6.45) is 0. The van der Waals surface area contributed by atoms with Gasteiger partial charge in [0, 0.05) is 17.6 Å². The van der Waals surface area contributed by atoms with Gasteiger partial charge in [0.2, 0.25) is 0 Å². The first-order chi connectivity index (χ1) is 13.2. The third-order valence-electron chi connectivity index (χ3n) is 4.46. The monoisotopic (exact) mass is 425 g/mol. The van der Waals surface area contributed by atoms with Crippen molar-refractivity contribution in [2.45, 2.75) is 26.6 Å². The molecule has 0 aliphatic heterocycles. The molecular weight excluding hydrogens is 402 g/mol. The first-order valence-electron chi connectivity index (χ1n) is 8.95. The second-order valence-corrected chi connectivity index (χ2v) is 7.25. The van der Waals surface area contributed by atoms with Crippen LogP contribution in [0, 0.1) is 6.92 Å². The predicted molar refractivity (Wildman–Crippen MR) is 113 cm³/mol. The molecule has 4 heteroatoms. The fraction of sp³-hybridized carbons (Fsp3) is 0.217. The van der Waals surface area contributed by atoms with Crippen LogP contribution in [0.1, 0.15) is 22.3 Å². The lowest BCUT2D eigenvalue weighted by molar-refractivity contribution is 0.283. The van der Waals surface area contributed by atoms with E-state index in [0.717, 1.165) is 34.6 Å². The fourth-order valence-electron chi connectivity index (χ4n) is 2.85. The van der Waals surface area contributed by atoms with Crippen LogP contribution in [0.2, 0.25) is 0 Å². The Hall–Kier alpha value is -2.30. The topological polar surface area (TPSA) is 30.5 Å². The zero-order chi connectivity index (χ0) is 19.1. The molecule has 0 unspecified atom stereocenters. The number of hydrogen-bond donors (Lipinski definition) is 1. The zero-order valence-electron chi connectivity index (χ0n) is 15.7. The van der Waals surface area contributed by atoms with E-state index < -0.39 is 0 Å². The average molecular weight is 426 g/mol. The quantitative estimate of drug-likeness (QED) is 0.506.